The standard InChI is InChI=1S/C11H12N2O3/c1-15-10-5-7-3-4-12-11(14)8(7)6-9(10)13-16-2/h3-6,13H,1-2H3,(H,12,14). The van der Waals surface area contributed by atoms with Crippen LogP contribution < -0.4 is 15.8 Å². The molecule has 2 N–H and O–H groups in total. The molecule has 0 amide bonds. The van der Waals surface area contributed by atoms with Gasteiger partial charge in [0.2, 0.25) is 0 Å². The topological polar surface area (TPSA) is 63.3 Å². The Bertz CT molecular complexity index is 563. The van der Waals surface area contributed by atoms with Crippen LogP contribution in [0, 0.1) is 0 Å². The number of hydrogen-bond acceptors (Lipinski definition) is 4. The van der Waals surface area contributed by atoms with Gasteiger partial charge in [0.05, 0.1) is 14.2 Å². The average molecular weight is 220 g/mol. The van der Waals surface area contributed by atoms with Gasteiger partial charge in [-0.05, 0) is 23.6 Å². The van der Waals surface area contributed by atoms with E-state index in [0.717, 1.165) is 5.39 Å². The molecular formula is C11H12N2O3. The van der Waals surface area contributed by atoms with Gasteiger partial charge in [-0.3, -0.25) is 15.1 Å². The number of benzene rings is 1. The van der Waals surface area contributed by atoms with E-state index in [1.165, 1.54) is 7.11 Å². The SMILES string of the molecule is CONc1cc2c(=O)[nH]ccc2cc1OC. The summed E-state index contributed by atoms with van der Waals surface area (Å²) < 4.78 is 5.19. The number of H-pyrrole nitrogens is 1. The summed E-state index contributed by atoms with van der Waals surface area (Å²) in [4.78, 5) is 19.0. The third-order valence-corrected chi connectivity index (χ3v) is 2.31. The molecule has 0 saturated heterocycles. The molecular weight excluding hydrogens is 208 g/mol. The van der Waals surface area contributed by atoms with Crippen molar-refractivity contribution in [3.05, 3.63) is 34.7 Å². The zero-order valence-corrected chi connectivity index (χ0v) is 9.03. The number of aromatic nitrogens is 1. The van der Waals surface area contributed by atoms with Gasteiger partial charge in [0.25, 0.3) is 5.56 Å². The van der Waals surface area contributed by atoms with E-state index >= 15 is 0 Å². The van der Waals surface area contributed by atoms with Crippen LogP contribution in [-0.2, 0) is 4.84 Å². The van der Waals surface area contributed by atoms with Gasteiger partial charge < -0.3 is 9.72 Å². The zero-order valence-electron chi connectivity index (χ0n) is 9.03. The first-order valence-corrected chi connectivity index (χ1v) is 4.74. The minimum Gasteiger partial charge on any atom is -0.494 e. The smallest absolute Gasteiger partial charge is 0.255 e. The van der Waals surface area contributed by atoms with Gasteiger partial charge in [-0.15, -0.1) is 0 Å². The predicted octanol–water partition coefficient (Wildman–Crippen LogP) is 1.51. The highest BCUT2D eigenvalue weighted by Crippen LogP contribution is 2.28. The molecule has 0 aliphatic rings. The summed E-state index contributed by atoms with van der Waals surface area (Å²) in [5, 5.41) is 1.41. The van der Waals surface area contributed by atoms with Gasteiger partial charge >= 0.3 is 0 Å². The Labute approximate surface area is 92.0 Å². The molecule has 0 aliphatic heterocycles. The lowest BCUT2D eigenvalue weighted by atomic mass is 10.1. The highest BCUT2D eigenvalue weighted by Gasteiger charge is 2.06. The number of methoxy groups -OCH3 is 1. The molecule has 0 unspecified atom stereocenters. The highest BCUT2D eigenvalue weighted by molar-refractivity contribution is 5.87. The number of hydrogen-bond donors (Lipinski definition) is 2. The van der Waals surface area contributed by atoms with Crippen molar-refractivity contribution in [1.82, 2.24) is 4.98 Å². The third kappa shape index (κ3) is 1.72. The second-order valence-electron chi connectivity index (χ2n) is 3.25. The van der Waals surface area contributed by atoms with E-state index in [1.54, 1.807) is 25.4 Å². The molecule has 1 aromatic carbocycles. The molecule has 0 aliphatic carbocycles. The molecule has 0 bridgehead atoms. The monoisotopic (exact) mass is 220 g/mol. The molecule has 0 spiro atoms. The van der Waals surface area contributed by atoms with Crippen molar-refractivity contribution in [2.75, 3.05) is 19.7 Å². The van der Waals surface area contributed by atoms with Crippen molar-refractivity contribution in [3.8, 4) is 5.75 Å². The van der Waals surface area contributed by atoms with Gasteiger partial charge in [-0.25, -0.2) is 0 Å². The molecule has 84 valence electrons. The zero-order chi connectivity index (χ0) is 11.5. The van der Waals surface area contributed by atoms with Crippen LogP contribution in [0.1, 0.15) is 0 Å². The van der Waals surface area contributed by atoms with Crippen LogP contribution in [0.25, 0.3) is 10.8 Å². The van der Waals surface area contributed by atoms with Crippen LogP contribution in [0.15, 0.2) is 29.2 Å². The number of nitrogens with one attached hydrogen (secondary N) is 2. The van der Waals surface area contributed by atoms with E-state index in [9.17, 15) is 4.79 Å². The van der Waals surface area contributed by atoms with Gasteiger partial charge in [-0.1, -0.05) is 0 Å². The maximum absolute atomic E-state index is 11.6. The number of anilines is 1. The molecule has 16 heavy (non-hydrogen) atoms. The van der Waals surface area contributed by atoms with Crippen molar-refractivity contribution >= 4 is 16.5 Å². The van der Waals surface area contributed by atoms with Crippen molar-refractivity contribution in [2.24, 2.45) is 0 Å². The minimum atomic E-state index is -0.140. The van der Waals surface area contributed by atoms with E-state index in [2.05, 4.69) is 10.5 Å². The fourth-order valence-corrected chi connectivity index (χ4v) is 1.57. The lowest BCUT2D eigenvalue weighted by Crippen LogP contribution is -2.06. The normalized spacial score (nSPS) is 10.4. The number of fused-ring (bicyclic) bond motifs is 1. The molecule has 2 aromatic rings. The average Bonchev–Trinajstić information content (AvgIpc) is 2.30. The second-order valence-corrected chi connectivity index (χ2v) is 3.25. The number of rotatable bonds is 3. The van der Waals surface area contributed by atoms with Gasteiger partial charge in [-0.2, -0.15) is 0 Å². The quantitative estimate of drug-likeness (QED) is 0.769. The summed E-state index contributed by atoms with van der Waals surface area (Å²) in [6, 6.07) is 5.29. The fraction of sp³-hybridized carbons (Fsp3) is 0.182. The highest BCUT2D eigenvalue weighted by atomic mass is 16.6. The summed E-state index contributed by atoms with van der Waals surface area (Å²) in [7, 11) is 3.06. The molecule has 5 nitrogen and oxygen atoms in total. The molecule has 2 rings (SSSR count). The molecule has 0 radical (unpaired) electrons. The Morgan fingerprint density at radius 1 is 1.31 bits per heavy atom. The lowest BCUT2D eigenvalue weighted by Gasteiger charge is -2.10. The first-order valence-electron chi connectivity index (χ1n) is 4.74. The first-order chi connectivity index (χ1) is 7.76. The first kappa shape index (κ1) is 10.5. The summed E-state index contributed by atoms with van der Waals surface area (Å²) in [5.41, 5.74) is 3.15. The van der Waals surface area contributed by atoms with Crippen LogP contribution >= 0.6 is 0 Å². The summed E-state index contributed by atoms with van der Waals surface area (Å²) in [5.74, 6) is 0.625. The van der Waals surface area contributed by atoms with Gasteiger partial charge in [0, 0.05) is 11.6 Å². The van der Waals surface area contributed by atoms with Crippen LogP contribution in [0.2, 0.25) is 0 Å². The van der Waals surface area contributed by atoms with E-state index in [0.29, 0.717) is 16.8 Å². The summed E-state index contributed by atoms with van der Waals surface area (Å²) in [6.07, 6.45) is 1.60. The molecule has 1 aromatic heterocycles. The molecule has 0 atom stereocenters. The maximum atomic E-state index is 11.6. The predicted molar refractivity (Wildman–Crippen MR) is 61.8 cm³/mol. The van der Waals surface area contributed by atoms with Crippen molar-refractivity contribution < 1.29 is 9.57 Å². The van der Waals surface area contributed by atoms with Crippen molar-refractivity contribution in [2.45, 2.75) is 0 Å². The van der Waals surface area contributed by atoms with Crippen LogP contribution in [0.3, 0.4) is 0 Å². The van der Waals surface area contributed by atoms with E-state index in [1.807, 2.05) is 6.07 Å². The fourth-order valence-electron chi connectivity index (χ4n) is 1.57. The number of pyridine rings is 1. The van der Waals surface area contributed by atoms with Crippen LogP contribution in [0.5, 0.6) is 5.75 Å². The van der Waals surface area contributed by atoms with Crippen molar-refractivity contribution in [3.63, 3.8) is 0 Å². The Morgan fingerprint density at radius 2 is 2.12 bits per heavy atom. The summed E-state index contributed by atoms with van der Waals surface area (Å²) in [6.45, 7) is 0. The number of aromatic amines is 1. The Hall–Kier alpha value is -2.01. The van der Waals surface area contributed by atoms with Crippen LogP contribution in [-0.4, -0.2) is 19.2 Å². The third-order valence-electron chi connectivity index (χ3n) is 2.31. The minimum absolute atomic E-state index is 0.140. The second kappa shape index (κ2) is 4.24. The molecule has 0 saturated carbocycles. The lowest BCUT2D eigenvalue weighted by molar-refractivity contribution is 0.268. The van der Waals surface area contributed by atoms with E-state index < -0.39 is 0 Å². The van der Waals surface area contributed by atoms with Crippen molar-refractivity contribution in [1.29, 1.82) is 0 Å². The van der Waals surface area contributed by atoms with Gasteiger partial charge in [0.15, 0.2) is 0 Å². The largest absolute Gasteiger partial charge is 0.494 e. The number of ether oxygens (including phenoxy) is 1. The van der Waals surface area contributed by atoms with E-state index in [-0.39, 0.29) is 5.56 Å². The molecule has 1 heterocycles. The molecule has 0 fully saturated rings. The van der Waals surface area contributed by atoms with E-state index in [4.69, 9.17) is 9.57 Å². The van der Waals surface area contributed by atoms with Gasteiger partial charge in [0.1, 0.15) is 11.4 Å². The maximum Gasteiger partial charge on any atom is 0.255 e. The Balaban J connectivity index is 2.70. The Morgan fingerprint density at radius 3 is 2.81 bits per heavy atom. The Kier molecular flexibility index (Phi) is 2.78. The summed E-state index contributed by atoms with van der Waals surface area (Å²) >= 11 is 0. The molecule has 5 heteroatoms. The van der Waals surface area contributed by atoms with Crippen LogP contribution in [0.4, 0.5) is 5.69 Å².